The zero-order valence-electron chi connectivity index (χ0n) is 17.0. The van der Waals surface area contributed by atoms with Gasteiger partial charge in [-0.2, -0.15) is 0 Å². The summed E-state index contributed by atoms with van der Waals surface area (Å²) >= 11 is 0. The molecule has 0 aliphatic heterocycles. The van der Waals surface area contributed by atoms with Gasteiger partial charge in [-0.25, -0.2) is 4.79 Å². The van der Waals surface area contributed by atoms with Crippen LogP contribution in [-0.2, 0) is 14.3 Å². The summed E-state index contributed by atoms with van der Waals surface area (Å²) in [5, 5.41) is 2.93. The fraction of sp³-hybridized carbons (Fsp3) is 0.619. The molecule has 1 aromatic carbocycles. The highest BCUT2D eigenvalue weighted by atomic mass is 16.5. The van der Waals surface area contributed by atoms with Crippen LogP contribution >= 0.6 is 0 Å². The number of rotatable bonds is 7. The Morgan fingerprint density at radius 2 is 2.07 bits per heavy atom. The molecule has 0 heterocycles. The minimum absolute atomic E-state index is 0.0844. The summed E-state index contributed by atoms with van der Waals surface area (Å²) in [4.78, 5) is 25.2. The lowest BCUT2D eigenvalue weighted by Gasteiger charge is -2.38. The zero-order valence-corrected chi connectivity index (χ0v) is 17.0. The summed E-state index contributed by atoms with van der Waals surface area (Å²) in [7, 11) is 1.32. The van der Waals surface area contributed by atoms with E-state index in [1.165, 1.54) is 7.11 Å². The van der Waals surface area contributed by atoms with Crippen LogP contribution in [0.5, 0.6) is 5.75 Å². The van der Waals surface area contributed by atoms with E-state index < -0.39 is 11.6 Å². The number of nitrogens with one attached hydrogen (secondary N) is 1. The second-order valence-electron chi connectivity index (χ2n) is 7.45. The molecule has 27 heavy (non-hydrogen) atoms. The maximum Gasteiger partial charge on any atom is 0.341 e. The van der Waals surface area contributed by atoms with E-state index in [4.69, 9.17) is 14.2 Å². The van der Waals surface area contributed by atoms with Gasteiger partial charge in [0.05, 0.1) is 13.2 Å². The Hall–Kier alpha value is -2.08. The van der Waals surface area contributed by atoms with Gasteiger partial charge in [-0.1, -0.05) is 13.3 Å². The molecule has 150 valence electrons. The summed E-state index contributed by atoms with van der Waals surface area (Å²) < 4.78 is 16.5. The van der Waals surface area contributed by atoms with Gasteiger partial charge in [-0.15, -0.1) is 0 Å². The van der Waals surface area contributed by atoms with E-state index in [1.807, 2.05) is 20.8 Å². The molecule has 6 nitrogen and oxygen atoms in total. The molecule has 1 fully saturated rings. The highest BCUT2D eigenvalue weighted by Gasteiger charge is 2.42. The summed E-state index contributed by atoms with van der Waals surface area (Å²) in [6, 6.07) is 5.00. The lowest BCUT2D eigenvalue weighted by Crippen LogP contribution is -2.48. The van der Waals surface area contributed by atoms with Crippen molar-refractivity contribution < 1.29 is 23.8 Å². The topological polar surface area (TPSA) is 73.9 Å². The van der Waals surface area contributed by atoms with Crippen LogP contribution in [0.1, 0.15) is 63.7 Å². The number of hydrogen-bond acceptors (Lipinski definition) is 5. The Bertz CT molecular complexity index is 669. The quantitative estimate of drug-likeness (QED) is 0.722. The SMILES string of the molecule is CCO[C@@]1(C(=O)Nc2ccc(OC(C)C)c(C(=O)OC)c2)CCC[C@@H](C)C1. The molecule has 0 aromatic heterocycles. The molecule has 6 heteroatoms. The van der Waals surface area contributed by atoms with Crippen LogP contribution in [0, 0.1) is 5.92 Å². The van der Waals surface area contributed by atoms with Crippen molar-refractivity contribution in [1.82, 2.24) is 0 Å². The van der Waals surface area contributed by atoms with Gasteiger partial charge in [0.25, 0.3) is 5.91 Å². The van der Waals surface area contributed by atoms with E-state index in [9.17, 15) is 9.59 Å². The maximum atomic E-state index is 13.1. The zero-order chi connectivity index (χ0) is 20.0. The molecule has 0 bridgehead atoms. The number of methoxy groups -OCH3 is 1. The van der Waals surface area contributed by atoms with Gasteiger partial charge in [0.2, 0.25) is 0 Å². The number of esters is 1. The second kappa shape index (κ2) is 9.22. The smallest absolute Gasteiger partial charge is 0.341 e. The van der Waals surface area contributed by atoms with E-state index in [2.05, 4.69) is 12.2 Å². The minimum Gasteiger partial charge on any atom is -0.490 e. The largest absolute Gasteiger partial charge is 0.490 e. The van der Waals surface area contributed by atoms with Crippen LogP contribution in [0.25, 0.3) is 0 Å². The number of amides is 1. The van der Waals surface area contributed by atoms with Crippen molar-refractivity contribution in [1.29, 1.82) is 0 Å². The number of anilines is 1. The Kier molecular flexibility index (Phi) is 7.25. The molecule has 1 aromatic rings. The second-order valence-corrected chi connectivity index (χ2v) is 7.45. The monoisotopic (exact) mass is 377 g/mol. The standard InChI is InChI=1S/C21H31NO5/c1-6-26-21(11-7-8-15(4)13-21)20(24)22-16-9-10-18(27-14(2)3)17(12-16)19(23)25-5/h9-10,12,14-15H,6-8,11,13H2,1-5H3,(H,22,24)/t15-,21+/m1/s1. The van der Waals surface area contributed by atoms with Crippen molar-refractivity contribution in [2.45, 2.75) is 65.1 Å². The van der Waals surface area contributed by atoms with Crippen LogP contribution in [-0.4, -0.2) is 37.3 Å². The van der Waals surface area contributed by atoms with Crippen molar-refractivity contribution in [3.63, 3.8) is 0 Å². The minimum atomic E-state index is -0.815. The number of benzene rings is 1. The van der Waals surface area contributed by atoms with Gasteiger partial charge in [0, 0.05) is 12.3 Å². The van der Waals surface area contributed by atoms with E-state index in [-0.39, 0.29) is 17.6 Å². The Morgan fingerprint density at radius 3 is 2.67 bits per heavy atom. The Morgan fingerprint density at radius 1 is 1.33 bits per heavy atom. The molecule has 0 saturated heterocycles. The van der Waals surface area contributed by atoms with Crippen LogP contribution in [0.2, 0.25) is 0 Å². The highest BCUT2D eigenvalue weighted by Crippen LogP contribution is 2.36. The Balaban J connectivity index is 2.26. The molecule has 1 saturated carbocycles. The van der Waals surface area contributed by atoms with Gasteiger partial charge >= 0.3 is 5.97 Å². The summed E-state index contributed by atoms with van der Waals surface area (Å²) in [5.41, 5.74) is -0.00872. The summed E-state index contributed by atoms with van der Waals surface area (Å²) in [6.07, 6.45) is 3.39. The Labute approximate surface area is 161 Å². The average molecular weight is 377 g/mol. The van der Waals surface area contributed by atoms with Gasteiger partial charge in [-0.3, -0.25) is 4.79 Å². The van der Waals surface area contributed by atoms with Gasteiger partial charge < -0.3 is 19.5 Å². The lowest BCUT2D eigenvalue weighted by atomic mass is 9.78. The fourth-order valence-corrected chi connectivity index (χ4v) is 3.66. The first-order chi connectivity index (χ1) is 12.8. The normalized spacial score (nSPS) is 22.4. The number of ether oxygens (including phenoxy) is 3. The maximum absolute atomic E-state index is 13.1. The predicted molar refractivity (Wildman–Crippen MR) is 104 cm³/mol. The van der Waals surface area contributed by atoms with Crippen molar-refractivity contribution in [3.8, 4) is 5.75 Å². The third-order valence-electron chi connectivity index (χ3n) is 4.80. The van der Waals surface area contributed by atoms with E-state index in [0.717, 1.165) is 12.8 Å². The first-order valence-corrected chi connectivity index (χ1v) is 9.65. The van der Waals surface area contributed by atoms with E-state index in [0.29, 0.717) is 36.8 Å². The molecule has 0 spiro atoms. The van der Waals surface area contributed by atoms with Crippen molar-refractivity contribution in [2.75, 3.05) is 19.0 Å². The van der Waals surface area contributed by atoms with Crippen LogP contribution in [0.15, 0.2) is 18.2 Å². The average Bonchev–Trinajstić information content (AvgIpc) is 2.62. The molecular formula is C21H31NO5. The first-order valence-electron chi connectivity index (χ1n) is 9.65. The molecule has 1 N–H and O–H groups in total. The number of carbonyl (C=O) groups is 2. The third kappa shape index (κ3) is 5.22. The lowest BCUT2D eigenvalue weighted by molar-refractivity contribution is -0.147. The van der Waals surface area contributed by atoms with Crippen LogP contribution in [0.4, 0.5) is 5.69 Å². The van der Waals surface area contributed by atoms with Crippen molar-refractivity contribution >= 4 is 17.6 Å². The predicted octanol–water partition coefficient (Wildman–Crippen LogP) is 4.18. The van der Waals surface area contributed by atoms with E-state index >= 15 is 0 Å². The summed E-state index contributed by atoms with van der Waals surface area (Å²) in [5.74, 6) is 0.195. The van der Waals surface area contributed by atoms with Crippen molar-refractivity contribution in [3.05, 3.63) is 23.8 Å². The number of hydrogen-bond donors (Lipinski definition) is 1. The summed E-state index contributed by atoms with van der Waals surface area (Å²) in [6.45, 7) is 8.30. The number of carbonyl (C=O) groups excluding carboxylic acids is 2. The van der Waals surface area contributed by atoms with Crippen LogP contribution < -0.4 is 10.1 Å². The molecular weight excluding hydrogens is 346 g/mol. The molecule has 1 aliphatic carbocycles. The molecule has 0 radical (unpaired) electrons. The van der Waals surface area contributed by atoms with Gasteiger partial charge in [0.15, 0.2) is 0 Å². The highest BCUT2D eigenvalue weighted by molar-refractivity contribution is 5.99. The molecule has 1 amide bonds. The molecule has 2 atom stereocenters. The van der Waals surface area contributed by atoms with E-state index in [1.54, 1.807) is 18.2 Å². The molecule has 2 rings (SSSR count). The molecule has 1 aliphatic rings. The van der Waals surface area contributed by atoms with Gasteiger partial charge in [0.1, 0.15) is 16.9 Å². The fourth-order valence-electron chi connectivity index (χ4n) is 3.66. The first kappa shape index (κ1) is 21.2. The van der Waals surface area contributed by atoms with Crippen molar-refractivity contribution in [2.24, 2.45) is 5.92 Å². The van der Waals surface area contributed by atoms with Gasteiger partial charge in [-0.05, 0) is 64.2 Å². The third-order valence-corrected chi connectivity index (χ3v) is 4.80. The van der Waals surface area contributed by atoms with Crippen LogP contribution in [0.3, 0.4) is 0 Å². The molecule has 0 unspecified atom stereocenters.